The molecular formula is C11H21N3O4. The summed E-state index contributed by atoms with van der Waals surface area (Å²) < 4.78 is 0. The number of amides is 3. The molecule has 18 heavy (non-hydrogen) atoms. The van der Waals surface area contributed by atoms with Crippen LogP contribution in [0, 0.1) is 0 Å². The van der Waals surface area contributed by atoms with Crippen molar-refractivity contribution in [1.29, 1.82) is 0 Å². The number of carboxylic acid groups (broad SMARTS) is 1. The molecule has 1 atom stereocenters. The molecule has 0 aromatic heterocycles. The van der Waals surface area contributed by atoms with Gasteiger partial charge in [-0.15, -0.1) is 0 Å². The second-order valence-corrected chi connectivity index (χ2v) is 3.96. The highest BCUT2D eigenvalue weighted by molar-refractivity contribution is 5.86. The molecule has 0 aliphatic heterocycles. The van der Waals surface area contributed by atoms with E-state index in [1.165, 1.54) is 4.90 Å². The lowest BCUT2D eigenvalue weighted by Crippen LogP contribution is -2.50. The third kappa shape index (κ3) is 6.07. The summed E-state index contributed by atoms with van der Waals surface area (Å²) in [4.78, 5) is 34.6. The summed E-state index contributed by atoms with van der Waals surface area (Å²) in [7, 11) is 0. The van der Waals surface area contributed by atoms with Crippen LogP contribution in [0.15, 0.2) is 0 Å². The Morgan fingerprint density at radius 3 is 2.33 bits per heavy atom. The zero-order valence-electron chi connectivity index (χ0n) is 10.8. The molecule has 0 fully saturated rings. The number of carbonyl (C=O) groups excluding carboxylic acids is 2. The highest BCUT2D eigenvalue weighted by Gasteiger charge is 2.22. The molecule has 3 amide bonds. The first kappa shape index (κ1) is 16.2. The molecule has 1 unspecified atom stereocenters. The molecule has 0 spiro atoms. The van der Waals surface area contributed by atoms with Gasteiger partial charge in [0.05, 0.1) is 0 Å². The van der Waals surface area contributed by atoms with Crippen molar-refractivity contribution in [3.63, 3.8) is 0 Å². The second-order valence-electron chi connectivity index (χ2n) is 3.96. The number of unbranched alkanes of at least 4 members (excludes halogenated alkanes) is 1. The number of nitrogens with one attached hydrogen (secondary N) is 1. The fourth-order valence-electron chi connectivity index (χ4n) is 1.42. The van der Waals surface area contributed by atoms with Crippen LogP contribution in [-0.2, 0) is 9.59 Å². The number of nitrogens with zero attached hydrogens (tertiary/aromatic N) is 1. The molecule has 0 aliphatic carbocycles. The molecule has 104 valence electrons. The maximum absolute atomic E-state index is 11.7. The Bertz CT molecular complexity index is 307. The Hall–Kier alpha value is -1.79. The molecule has 0 aromatic rings. The molecule has 7 heteroatoms. The lowest BCUT2D eigenvalue weighted by molar-refractivity contribution is -0.139. The number of likely N-dealkylation sites (N-methyl/N-ethyl adjacent to an activating group) is 1. The van der Waals surface area contributed by atoms with Crippen LogP contribution in [0.5, 0.6) is 0 Å². The largest absolute Gasteiger partial charge is 0.480 e. The van der Waals surface area contributed by atoms with E-state index in [9.17, 15) is 14.4 Å². The zero-order valence-corrected chi connectivity index (χ0v) is 10.8. The van der Waals surface area contributed by atoms with Crippen molar-refractivity contribution in [3.8, 4) is 0 Å². The van der Waals surface area contributed by atoms with Crippen molar-refractivity contribution in [3.05, 3.63) is 0 Å². The fourth-order valence-corrected chi connectivity index (χ4v) is 1.42. The molecule has 0 aromatic carbocycles. The van der Waals surface area contributed by atoms with Crippen LogP contribution < -0.4 is 11.1 Å². The normalized spacial score (nSPS) is 11.7. The van der Waals surface area contributed by atoms with E-state index >= 15 is 0 Å². The molecule has 0 rings (SSSR count). The monoisotopic (exact) mass is 259 g/mol. The average molecular weight is 259 g/mol. The van der Waals surface area contributed by atoms with Crippen molar-refractivity contribution >= 4 is 17.9 Å². The van der Waals surface area contributed by atoms with Gasteiger partial charge in [0.15, 0.2) is 0 Å². The number of urea groups is 1. The predicted molar refractivity (Wildman–Crippen MR) is 65.9 cm³/mol. The lowest BCUT2D eigenvalue weighted by Gasteiger charge is -2.22. The quantitative estimate of drug-likeness (QED) is 0.575. The summed E-state index contributed by atoms with van der Waals surface area (Å²) in [6.07, 6.45) is 1.92. The van der Waals surface area contributed by atoms with E-state index in [2.05, 4.69) is 5.32 Å². The van der Waals surface area contributed by atoms with Gasteiger partial charge in [0.2, 0.25) is 5.91 Å². The summed E-state index contributed by atoms with van der Waals surface area (Å²) in [5.41, 5.74) is 5.00. The van der Waals surface area contributed by atoms with Gasteiger partial charge in [-0.3, -0.25) is 4.79 Å². The van der Waals surface area contributed by atoms with Crippen molar-refractivity contribution in [2.75, 3.05) is 13.1 Å². The second kappa shape index (κ2) is 8.32. The van der Waals surface area contributed by atoms with Crippen molar-refractivity contribution in [2.45, 2.75) is 39.2 Å². The van der Waals surface area contributed by atoms with Gasteiger partial charge in [0.25, 0.3) is 0 Å². The van der Waals surface area contributed by atoms with E-state index in [1.807, 2.05) is 6.92 Å². The van der Waals surface area contributed by atoms with Crippen LogP contribution >= 0.6 is 0 Å². The Balaban J connectivity index is 4.46. The molecule has 0 radical (unpaired) electrons. The third-order valence-corrected chi connectivity index (χ3v) is 2.46. The first-order valence-corrected chi connectivity index (χ1v) is 5.98. The number of hydrogen-bond acceptors (Lipinski definition) is 3. The minimum Gasteiger partial charge on any atom is -0.480 e. The van der Waals surface area contributed by atoms with Gasteiger partial charge >= 0.3 is 12.0 Å². The third-order valence-electron chi connectivity index (χ3n) is 2.46. The number of primary amides is 1. The van der Waals surface area contributed by atoms with Gasteiger partial charge in [-0.05, 0) is 13.3 Å². The Labute approximate surface area is 106 Å². The van der Waals surface area contributed by atoms with Crippen LogP contribution in [0.3, 0.4) is 0 Å². The number of carboxylic acids is 1. The standard InChI is InChI=1S/C11H21N3O4/c1-3-5-6-8(10(16)17)13-11(18)14(4-2)7-9(12)15/h8H,3-7H2,1-2H3,(H2,12,15)(H,13,18)(H,16,17). The maximum Gasteiger partial charge on any atom is 0.326 e. The van der Waals surface area contributed by atoms with Crippen LogP contribution in [0.25, 0.3) is 0 Å². The Morgan fingerprint density at radius 1 is 1.33 bits per heavy atom. The van der Waals surface area contributed by atoms with E-state index in [0.29, 0.717) is 12.8 Å². The number of carbonyl (C=O) groups is 3. The minimum atomic E-state index is -1.08. The van der Waals surface area contributed by atoms with Crippen LogP contribution in [0.2, 0.25) is 0 Å². The molecular weight excluding hydrogens is 238 g/mol. The van der Waals surface area contributed by atoms with Gasteiger partial charge in [-0.25, -0.2) is 9.59 Å². The van der Waals surface area contributed by atoms with E-state index < -0.39 is 23.9 Å². The minimum absolute atomic E-state index is 0.220. The molecule has 4 N–H and O–H groups in total. The first-order chi connectivity index (χ1) is 8.42. The van der Waals surface area contributed by atoms with E-state index in [-0.39, 0.29) is 13.1 Å². The van der Waals surface area contributed by atoms with Gasteiger partial charge < -0.3 is 21.1 Å². The van der Waals surface area contributed by atoms with Crippen molar-refractivity contribution in [1.82, 2.24) is 10.2 Å². The summed E-state index contributed by atoms with van der Waals surface area (Å²) in [5, 5.41) is 11.3. The predicted octanol–water partition coefficient (Wildman–Crippen LogP) is 0.147. The van der Waals surface area contributed by atoms with Crippen LogP contribution in [0.4, 0.5) is 4.79 Å². The SMILES string of the molecule is CCCCC(NC(=O)N(CC)CC(N)=O)C(=O)O. The number of hydrogen-bond donors (Lipinski definition) is 3. The zero-order chi connectivity index (χ0) is 14.1. The number of rotatable bonds is 8. The summed E-state index contributed by atoms with van der Waals surface area (Å²) in [6.45, 7) is 3.69. The van der Waals surface area contributed by atoms with Gasteiger partial charge in [-0.2, -0.15) is 0 Å². The summed E-state index contributed by atoms with van der Waals surface area (Å²) in [5.74, 6) is -1.71. The first-order valence-electron chi connectivity index (χ1n) is 5.98. The van der Waals surface area contributed by atoms with Gasteiger partial charge in [0, 0.05) is 6.54 Å². The molecule has 0 saturated heterocycles. The van der Waals surface area contributed by atoms with Gasteiger partial charge in [-0.1, -0.05) is 19.8 Å². The number of aliphatic carboxylic acids is 1. The molecule has 0 aliphatic rings. The molecule has 0 bridgehead atoms. The van der Waals surface area contributed by atoms with Crippen molar-refractivity contribution in [2.24, 2.45) is 5.73 Å². The highest BCUT2D eigenvalue weighted by atomic mass is 16.4. The van der Waals surface area contributed by atoms with Crippen LogP contribution in [0.1, 0.15) is 33.1 Å². The average Bonchev–Trinajstić information content (AvgIpc) is 2.30. The van der Waals surface area contributed by atoms with Gasteiger partial charge in [0.1, 0.15) is 12.6 Å². The van der Waals surface area contributed by atoms with E-state index in [0.717, 1.165) is 6.42 Å². The highest BCUT2D eigenvalue weighted by Crippen LogP contribution is 2.02. The maximum atomic E-state index is 11.7. The van der Waals surface area contributed by atoms with E-state index in [4.69, 9.17) is 10.8 Å². The summed E-state index contributed by atoms with van der Waals surface area (Å²) in [6, 6.07) is -1.51. The Morgan fingerprint density at radius 2 is 1.94 bits per heavy atom. The summed E-state index contributed by atoms with van der Waals surface area (Å²) >= 11 is 0. The Kier molecular flexibility index (Phi) is 7.50. The number of nitrogens with two attached hydrogens (primary N) is 1. The smallest absolute Gasteiger partial charge is 0.326 e. The molecule has 0 heterocycles. The lowest BCUT2D eigenvalue weighted by atomic mass is 10.1. The van der Waals surface area contributed by atoms with Crippen LogP contribution in [-0.4, -0.2) is 47.0 Å². The molecule has 0 saturated carbocycles. The topological polar surface area (TPSA) is 113 Å². The fraction of sp³-hybridized carbons (Fsp3) is 0.727. The van der Waals surface area contributed by atoms with E-state index in [1.54, 1.807) is 6.92 Å². The molecule has 7 nitrogen and oxygen atoms in total. The van der Waals surface area contributed by atoms with Crippen molar-refractivity contribution < 1.29 is 19.5 Å².